The molecule has 2 aromatic rings. The van der Waals surface area contributed by atoms with Gasteiger partial charge in [-0.25, -0.2) is 0 Å². The highest BCUT2D eigenvalue weighted by Crippen LogP contribution is 2.30. The molecule has 0 bridgehead atoms. The smallest absolute Gasteiger partial charge is 0.352 e. The van der Waals surface area contributed by atoms with Gasteiger partial charge in [0.15, 0.2) is 0 Å². The summed E-state index contributed by atoms with van der Waals surface area (Å²) in [5.41, 5.74) is -1.35. The fourth-order valence-electron chi connectivity index (χ4n) is 2.47. The molecule has 24 heavy (non-hydrogen) atoms. The highest BCUT2D eigenvalue weighted by Gasteiger charge is 2.31. The van der Waals surface area contributed by atoms with Gasteiger partial charge in [-0.15, -0.1) is 0 Å². The molecule has 130 valence electrons. The van der Waals surface area contributed by atoms with Gasteiger partial charge in [-0.1, -0.05) is 13.3 Å². The summed E-state index contributed by atoms with van der Waals surface area (Å²) in [6.07, 6.45) is -1.50. The molecule has 0 unspecified atom stereocenters. The lowest BCUT2D eigenvalue weighted by Crippen LogP contribution is -2.30. The number of rotatable bonds is 5. The molecule has 0 aliphatic heterocycles. The number of halogens is 3. The lowest BCUT2D eigenvalue weighted by atomic mass is 10.1. The van der Waals surface area contributed by atoms with Crippen LogP contribution in [-0.4, -0.2) is 17.0 Å². The van der Waals surface area contributed by atoms with Crippen molar-refractivity contribution < 1.29 is 18.0 Å². The van der Waals surface area contributed by atoms with E-state index in [4.69, 9.17) is 0 Å². The van der Waals surface area contributed by atoms with Gasteiger partial charge in [0.1, 0.15) is 5.56 Å². The Bertz CT molecular complexity index is 810. The number of benzene rings is 1. The maximum atomic E-state index is 12.9. The Morgan fingerprint density at radius 2 is 1.96 bits per heavy atom. The van der Waals surface area contributed by atoms with Gasteiger partial charge in [0.2, 0.25) is 5.43 Å². The number of amides is 1. The predicted molar refractivity (Wildman–Crippen MR) is 86.1 cm³/mol. The third kappa shape index (κ3) is 3.60. The summed E-state index contributed by atoms with van der Waals surface area (Å²) in [5.74, 6) is -0.560. The van der Waals surface area contributed by atoms with Crippen molar-refractivity contribution in [1.82, 2.24) is 9.88 Å². The minimum absolute atomic E-state index is 0.102. The Morgan fingerprint density at radius 3 is 2.54 bits per heavy atom. The summed E-state index contributed by atoms with van der Waals surface area (Å²) in [5, 5.41) is 2.53. The van der Waals surface area contributed by atoms with E-state index in [9.17, 15) is 22.8 Å². The lowest BCUT2D eigenvalue weighted by molar-refractivity contribution is -0.137. The number of pyridine rings is 1. The van der Waals surface area contributed by atoms with E-state index in [2.05, 4.69) is 5.32 Å². The third-order valence-electron chi connectivity index (χ3n) is 3.81. The first kappa shape index (κ1) is 18.0. The first-order valence-corrected chi connectivity index (χ1v) is 7.82. The van der Waals surface area contributed by atoms with Gasteiger partial charge in [-0.05, 0) is 31.5 Å². The number of fused-ring (bicyclic) bond motifs is 1. The van der Waals surface area contributed by atoms with E-state index in [1.165, 1.54) is 12.3 Å². The number of hydrogen-bond acceptors (Lipinski definition) is 2. The molecule has 7 heteroatoms. The summed E-state index contributed by atoms with van der Waals surface area (Å²) in [6.45, 7) is 4.60. The highest BCUT2D eigenvalue weighted by atomic mass is 19.4. The molecule has 2 rings (SSSR count). The normalized spacial score (nSPS) is 11.7. The summed E-state index contributed by atoms with van der Waals surface area (Å²) < 4.78 is 40.3. The van der Waals surface area contributed by atoms with Gasteiger partial charge in [-0.3, -0.25) is 9.59 Å². The standard InChI is InChI=1S/C17H19F3N2O2/c1-3-5-8-21-16(24)13-10-22(4-2)14-7-6-11(17(18,19)20)9-12(14)15(13)23/h6-7,9-10H,3-5,8H2,1-2H3,(H,21,24). The molecule has 1 amide bonds. The van der Waals surface area contributed by atoms with Crippen molar-refractivity contribution in [2.45, 2.75) is 39.4 Å². The second kappa shape index (κ2) is 7.07. The minimum Gasteiger partial charge on any atom is -0.352 e. The average Bonchev–Trinajstić information content (AvgIpc) is 2.54. The van der Waals surface area contributed by atoms with Crippen molar-refractivity contribution in [2.24, 2.45) is 0 Å². The molecule has 1 aromatic carbocycles. The summed E-state index contributed by atoms with van der Waals surface area (Å²) in [4.78, 5) is 24.7. The van der Waals surface area contributed by atoms with Crippen molar-refractivity contribution in [3.8, 4) is 0 Å². The topological polar surface area (TPSA) is 51.1 Å². The first-order chi connectivity index (χ1) is 11.3. The van der Waals surface area contributed by atoms with E-state index in [1.54, 1.807) is 11.5 Å². The Morgan fingerprint density at radius 1 is 1.25 bits per heavy atom. The van der Waals surface area contributed by atoms with Crippen LogP contribution in [0.2, 0.25) is 0 Å². The van der Waals surface area contributed by atoms with Crippen LogP contribution < -0.4 is 10.7 Å². The minimum atomic E-state index is -4.54. The van der Waals surface area contributed by atoms with Crippen molar-refractivity contribution in [3.05, 3.63) is 45.7 Å². The molecule has 0 saturated carbocycles. The molecule has 0 fully saturated rings. The zero-order valence-electron chi connectivity index (χ0n) is 13.5. The lowest BCUT2D eigenvalue weighted by Gasteiger charge is -2.13. The van der Waals surface area contributed by atoms with E-state index in [0.29, 0.717) is 18.6 Å². The van der Waals surface area contributed by atoms with Gasteiger partial charge in [0.25, 0.3) is 5.91 Å². The molecule has 0 saturated heterocycles. The molecule has 0 radical (unpaired) electrons. The van der Waals surface area contributed by atoms with E-state index < -0.39 is 23.1 Å². The largest absolute Gasteiger partial charge is 0.416 e. The molecule has 1 N–H and O–H groups in total. The van der Waals surface area contributed by atoms with Crippen LogP contribution >= 0.6 is 0 Å². The van der Waals surface area contributed by atoms with Crippen LogP contribution in [0.5, 0.6) is 0 Å². The second-order valence-corrected chi connectivity index (χ2v) is 5.50. The van der Waals surface area contributed by atoms with Gasteiger partial charge < -0.3 is 9.88 Å². The van der Waals surface area contributed by atoms with Gasteiger partial charge in [0.05, 0.1) is 11.1 Å². The van der Waals surface area contributed by atoms with E-state index >= 15 is 0 Å². The van der Waals surface area contributed by atoms with E-state index in [-0.39, 0.29) is 10.9 Å². The average molecular weight is 340 g/mol. The second-order valence-electron chi connectivity index (χ2n) is 5.50. The third-order valence-corrected chi connectivity index (χ3v) is 3.81. The fraction of sp³-hybridized carbons (Fsp3) is 0.412. The number of aryl methyl sites for hydroxylation is 1. The molecule has 0 aliphatic rings. The van der Waals surface area contributed by atoms with Gasteiger partial charge in [-0.2, -0.15) is 13.2 Å². The number of alkyl halides is 3. The first-order valence-electron chi connectivity index (χ1n) is 7.82. The Kier molecular flexibility index (Phi) is 5.31. The quantitative estimate of drug-likeness (QED) is 0.846. The van der Waals surface area contributed by atoms with Crippen molar-refractivity contribution >= 4 is 16.8 Å². The van der Waals surface area contributed by atoms with Crippen LogP contribution in [0.15, 0.2) is 29.2 Å². The Hall–Kier alpha value is -2.31. The van der Waals surface area contributed by atoms with E-state index in [1.807, 2.05) is 6.92 Å². The highest BCUT2D eigenvalue weighted by molar-refractivity contribution is 5.97. The Balaban J connectivity index is 2.59. The summed E-state index contributed by atoms with van der Waals surface area (Å²) in [7, 11) is 0. The number of carbonyl (C=O) groups excluding carboxylic acids is 1. The molecule has 1 heterocycles. The van der Waals surface area contributed by atoms with Crippen LogP contribution in [-0.2, 0) is 12.7 Å². The number of nitrogens with one attached hydrogen (secondary N) is 1. The van der Waals surface area contributed by atoms with Crippen LogP contribution in [0.1, 0.15) is 42.6 Å². The van der Waals surface area contributed by atoms with Crippen LogP contribution in [0.25, 0.3) is 10.9 Å². The molecular formula is C17H19F3N2O2. The van der Waals surface area contributed by atoms with Gasteiger partial charge >= 0.3 is 6.18 Å². The molecule has 4 nitrogen and oxygen atoms in total. The number of carbonyl (C=O) groups is 1. The predicted octanol–water partition coefficient (Wildman–Crippen LogP) is 3.57. The number of unbranched alkanes of at least 4 members (excludes halogenated alkanes) is 1. The number of nitrogens with zero attached hydrogens (tertiary/aromatic N) is 1. The maximum Gasteiger partial charge on any atom is 0.416 e. The monoisotopic (exact) mass is 340 g/mol. The molecule has 0 spiro atoms. The summed E-state index contributed by atoms with van der Waals surface area (Å²) in [6, 6.07) is 3.02. The van der Waals surface area contributed by atoms with Crippen molar-refractivity contribution in [3.63, 3.8) is 0 Å². The molecule has 0 atom stereocenters. The summed E-state index contributed by atoms with van der Waals surface area (Å²) >= 11 is 0. The molecular weight excluding hydrogens is 321 g/mol. The zero-order chi connectivity index (χ0) is 17.9. The van der Waals surface area contributed by atoms with Gasteiger partial charge in [0, 0.05) is 24.7 Å². The number of aromatic nitrogens is 1. The maximum absolute atomic E-state index is 12.9. The Labute approximate surface area is 137 Å². The van der Waals surface area contributed by atoms with Crippen molar-refractivity contribution in [1.29, 1.82) is 0 Å². The van der Waals surface area contributed by atoms with E-state index in [0.717, 1.165) is 25.0 Å². The fourth-order valence-corrected chi connectivity index (χ4v) is 2.47. The molecule has 0 aliphatic carbocycles. The zero-order valence-corrected chi connectivity index (χ0v) is 13.5. The SMILES string of the molecule is CCCCNC(=O)c1cn(CC)c2ccc(C(F)(F)F)cc2c1=O. The van der Waals surface area contributed by atoms with Crippen LogP contribution in [0, 0.1) is 0 Å². The molecule has 1 aromatic heterocycles. The van der Waals surface area contributed by atoms with Crippen molar-refractivity contribution in [2.75, 3.05) is 6.54 Å². The van der Waals surface area contributed by atoms with Crippen LogP contribution in [0.4, 0.5) is 13.2 Å². The van der Waals surface area contributed by atoms with Crippen LogP contribution in [0.3, 0.4) is 0 Å². The number of hydrogen-bond donors (Lipinski definition) is 1.